The van der Waals surface area contributed by atoms with E-state index in [-0.39, 0.29) is 18.6 Å². The maximum absolute atomic E-state index is 13.4. The van der Waals surface area contributed by atoms with Crippen molar-refractivity contribution in [2.45, 2.75) is 19.3 Å². The number of benzene rings is 1. The predicted octanol–water partition coefficient (Wildman–Crippen LogP) is 1.82. The summed E-state index contributed by atoms with van der Waals surface area (Å²) in [6.07, 6.45) is 1.47. The Bertz CT molecular complexity index is 377. The third kappa shape index (κ3) is 1.81. The highest BCUT2D eigenvalue weighted by atomic mass is 19.1. The lowest BCUT2D eigenvalue weighted by Gasteiger charge is -2.21. The van der Waals surface area contributed by atoms with Gasteiger partial charge in [-0.1, -0.05) is 0 Å². The SMILES string of the molecule is OCCc1c(F)cc(F)c2c1OCCC2. The summed E-state index contributed by atoms with van der Waals surface area (Å²) in [7, 11) is 0. The van der Waals surface area contributed by atoms with Crippen molar-refractivity contribution >= 4 is 0 Å². The van der Waals surface area contributed by atoms with Crippen LogP contribution in [0, 0.1) is 11.6 Å². The van der Waals surface area contributed by atoms with E-state index in [4.69, 9.17) is 9.84 Å². The largest absolute Gasteiger partial charge is 0.493 e. The maximum atomic E-state index is 13.4. The molecule has 1 heterocycles. The molecule has 1 aliphatic heterocycles. The van der Waals surface area contributed by atoms with Crippen molar-refractivity contribution in [1.29, 1.82) is 0 Å². The van der Waals surface area contributed by atoms with E-state index in [2.05, 4.69) is 0 Å². The zero-order chi connectivity index (χ0) is 10.8. The van der Waals surface area contributed by atoms with Crippen LogP contribution in [0.4, 0.5) is 8.78 Å². The minimum atomic E-state index is -0.637. The fourth-order valence-electron chi connectivity index (χ4n) is 1.86. The van der Waals surface area contributed by atoms with Crippen LogP contribution < -0.4 is 4.74 Å². The molecular weight excluding hydrogens is 202 g/mol. The number of halogens is 2. The van der Waals surface area contributed by atoms with Gasteiger partial charge in [0.05, 0.1) is 6.61 Å². The number of aliphatic hydroxyl groups excluding tert-OH is 1. The lowest BCUT2D eigenvalue weighted by molar-refractivity contribution is 0.266. The Morgan fingerprint density at radius 2 is 2.13 bits per heavy atom. The molecule has 0 aromatic heterocycles. The van der Waals surface area contributed by atoms with E-state index < -0.39 is 11.6 Å². The van der Waals surface area contributed by atoms with E-state index in [0.717, 1.165) is 12.5 Å². The molecule has 1 N–H and O–H groups in total. The highest BCUT2D eigenvalue weighted by Crippen LogP contribution is 2.33. The summed E-state index contributed by atoms with van der Waals surface area (Å²) < 4.78 is 32.0. The van der Waals surface area contributed by atoms with Crippen LogP contribution in [0.1, 0.15) is 17.5 Å². The van der Waals surface area contributed by atoms with Gasteiger partial charge in [-0.25, -0.2) is 8.78 Å². The Balaban J connectivity index is 2.53. The first-order valence-corrected chi connectivity index (χ1v) is 4.97. The fourth-order valence-corrected chi connectivity index (χ4v) is 1.86. The van der Waals surface area contributed by atoms with Gasteiger partial charge >= 0.3 is 0 Å². The smallest absolute Gasteiger partial charge is 0.133 e. The number of hydrogen-bond donors (Lipinski definition) is 1. The lowest BCUT2D eigenvalue weighted by atomic mass is 9.99. The summed E-state index contributed by atoms with van der Waals surface area (Å²) in [5.74, 6) is -0.890. The summed E-state index contributed by atoms with van der Waals surface area (Å²) in [6.45, 7) is 0.312. The summed E-state index contributed by atoms with van der Waals surface area (Å²) in [4.78, 5) is 0. The Kier molecular flexibility index (Phi) is 2.86. The van der Waals surface area contributed by atoms with Crippen molar-refractivity contribution in [3.8, 4) is 5.75 Å². The molecule has 4 heteroatoms. The van der Waals surface area contributed by atoms with Gasteiger partial charge in [-0.3, -0.25) is 0 Å². The van der Waals surface area contributed by atoms with Gasteiger partial charge in [0.2, 0.25) is 0 Å². The molecule has 1 aromatic rings. The second-order valence-corrected chi connectivity index (χ2v) is 3.55. The van der Waals surface area contributed by atoms with Crippen molar-refractivity contribution in [3.05, 3.63) is 28.8 Å². The Hall–Kier alpha value is -1.16. The summed E-state index contributed by atoms with van der Waals surface area (Å²) in [5.41, 5.74) is 0.722. The van der Waals surface area contributed by atoms with Crippen LogP contribution in [0.3, 0.4) is 0 Å². The second-order valence-electron chi connectivity index (χ2n) is 3.55. The molecule has 0 unspecified atom stereocenters. The van der Waals surface area contributed by atoms with Crippen molar-refractivity contribution in [2.75, 3.05) is 13.2 Å². The van der Waals surface area contributed by atoms with Gasteiger partial charge in [0.25, 0.3) is 0 Å². The van der Waals surface area contributed by atoms with E-state index in [1.54, 1.807) is 0 Å². The van der Waals surface area contributed by atoms with Crippen LogP contribution in [0.15, 0.2) is 6.07 Å². The van der Waals surface area contributed by atoms with Crippen molar-refractivity contribution < 1.29 is 18.6 Å². The zero-order valence-corrected chi connectivity index (χ0v) is 8.22. The molecule has 15 heavy (non-hydrogen) atoms. The van der Waals surface area contributed by atoms with E-state index in [9.17, 15) is 8.78 Å². The molecule has 0 bridgehead atoms. The first-order valence-electron chi connectivity index (χ1n) is 4.97. The summed E-state index contributed by atoms with van der Waals surface area (Å²) >= 11 is 0. The van der Waals surface area contributed by atoms with Crippen LogP contribution in [-0.2, 0) is 12.8 Å². The molecule has 1 aliphatic rings. The average Bonchev–Trinajstić information content (AvgIpc) is 2.24. The van der Waals surface area contributed by atoms with Crippen LogP contribution in [0.2, 0.25) is 0 Å². The van der Waals surface area contributed by atoms with Crippen LogP contribution in [0.5, 0.6) is 5.75 Å². The van der Waals surface area contributed by atoms with Gasteiger partial charge < -0.3 is 9.84 Å². The normalized spacial score (nSPS) is 14.6. The highest BCUT2D eigenvalue weighted by Gasteiger charge is 2.21. The monoisotopic (exact) mass is 214 g/mol. The van der Waals surface area contributed by atoms with Gasteiger partial charge in [-0.15, -0.1) is 0 Å². The quantitative estimate of drug-likeness (QED) is 0.813. The molecule has 0 aliphatic carbocycles. The number of rotatable bonds is 2. The van der Waals surface area contributed by atoms with Crippen molar-refractivity contribution in [3.63, 3.8) is 0 Å². The number of hydrogen-bond acceptors (Lipinski definition) is 2. The second kappa shape index (κ2) is 4.14. The fraction of sp³-hybridized carbons (Fsp3) is 0.455. The van der Waals surface area contributed by atoms with E-state index in [1.165, 1.54) is 0 Å². The topological polar surface area (TPSA) is 29.5 Å². The Morgan fingerprint density at radius 1 is 1.33 bits per heavy atom. The van der Waals surface area contributed by atoms with Crippen LogP contribution >= 0.6 is 0 Å². The molecule has 0 radical (unpaired) electrons. The molecule has 2 nitrogen and oxygen atoms in total. The van der Waals surface area contributed by atoms with Gasteiger partial charge in [0.1, 0.15) is 17.4 Å². The molecule has 0 atom stereocenters. The Morgan fingerprint density at radius 3 is 2.87 bits per heavy atom. The zero-order valence-electron chi connectivity index (χ0n) is 8.22. The van der Waals surface area contributed by atoms with Crippen LogP contribution in [0.25, 0.3) is 0 Å². The van der Waals surface area contributed by atoms with Gasteiger partial charge in [0.15, 0.2) is 0 Å². The van der Waals surface area contributed by atoms with Crippen LogP contribution in [-0.4, -0.2) is 18.3 Å². The van der Waals surface area contributed by atoms with E-state index >= 15 is 0 Å². The minimum Gasteiger partial charge on any atom is -0.493 e. The molecule has 1 aromatic carbocycles. The lowest BCUT2D eigenvalue weighted by Crippen LogP contribution is -2.14. The maximum Gasteiger partial charge on any atom is 0.133 e. The third-order valence-electron chi connectivity index (χ3n) is 2.56. The molecule has 2 rings (SSSR count). The average molecular weight is 214 g/mol. The van der Waals surface area contributed by atoms with Gasteiger partial charge in [-0.05, 0) is 12.8 Å². The molecule has 0 saturated heterocycles. The molecular formula is C11H12F2O2. The number of aliphatic hydroxyl groups is 1. The predicted molar refractivity (Wildman–Crippen MR) is 51.0 cm³/mol. The van der Waals surface area contributed by atoms with Crippen molar-refractivity contribution in [1.82, 2.24) is 0 Å². The first-order chi connectivity index (χ1) is 7.24. The van der Waals surface area contributed by atoms with Gasteiger partial charge in [-0.2, -0.15) is 0 Å². The summed E-state index contributed by atoms with van der Waals surface area (Å²) in [6, 6.07) is 0.874. The molecule has 0 spiro atoms. The van der Waals surface area contributed by atoms with Crippen molar-refractivity contribution in [2.24, 2.45) is 0 Å². The minimum absolute atomic E-state index is 0.161. The molecule has 0 amide bonds. The standard InChI is InChI=1S/C11H12F2O2/c12-9-6-10(13)8(3-4-14)11-7(9)2-1-5-15-11/h6,14H,1-5H2. The highest BCUT2D eigenvalue weighted by molar-refractivity contribution is 5.44. The number of fused-ring (bicyclic) bond motifs is 1. The van der Waals surface area contributed by atoms with E-state index in [1.807, 2.05) is 0 Å². The molecule has 82 valence electrons. The molecule has 0 fully saturated rings. The molecule has 0 saturated carbocycles. The Labute approximate surface area is 86.5 Å². The first kappa shape index (κ1) is 10.4. The number of ether oxygens (including phenoxy) is 1. The third-order valence-corrected chi connectivity index (χ3v) is 2.56. The van der Waals surface area contributed by atoms with Gasteiger partial charge in [0, 0.05) is 30.2 Å². The summed E-state index contributed by atoms with van der Waals surface area (Å²) in [5, 5.41) is 8.80. The van der Waals surface area contributed by atoms with E-state index in [0.29, 0.717) is 24.3 Å².